The average molecular weight is 309 g/mol. The number of rotatable bonds is 2. The summed E-state index contributed by atoms with van der Waals surface area (Å²) in [5.41, 5.74) is 2.12. The molecule has 0 saturated heterocycles. The molecule has 2 bridgehead atoms. The molecule has 4 rings (SSSR count). The van der Waals surface area contributed by atoms with Gasteiger partial charge in [-0.3, -0.25) is 9.59 Å². The van der Waals surface area contributed by atoms with Gasteiger partial charge in [-0.05, 0) is 6.42 Å². The average Bonchev–Trinajstić information content (AvgIpc) is 2.58. The van der Waals surface area contributed by atoms with Crippen LogP contribution in [0.2, 0.25) is 0 Å². The van der Waals surface area contributed by atoms with Crippen LogP contribution < -0.4 is 0 Å². The number of ketones is 2. The Bertz CT molecular complexity index is 732. The molecule has 3 aliphatic rings. The highest BCUT2D eigenvalue weighted by Crippen LogP contribution is 2.43. The number of carbonyl (C=O) groups excluding carboxylic acids is 2. The van der Waals surface area contributed by atoms with Crippen LogP contribution in [0.1, 0.15) is 36.0 Å². The fourth-order valence-corrected chi connectivity index (χ4v) is 3.77. The molecule has 0 spiro atoms. The number of hydrogen-bond donors (Lipinski definition) is 0. The van der Waals surface area contributed by atoms with Gasteiger partial charge in [0.1, 0.15) is 5.76 Å². The maximum absolute atomic E-state index is 13.0. The molecule has 0 aromatic heterocycles. The van der Waals surface area contributed by atoms with E-state index in [1.807, 2.05) is 48.5 Å². The minimum absolute atomic E-state index is 0.00743. The van der Waals surface area contributed by atoms with Gasteiger partial charge in [0.2, 0.25) is 0 Å². The van der Waals surface area contributed by atoms with Gasteiger partial charge in [-0.2, -0.15) is 0 Å². The van der Waals surface area contributed by atoms with Crippen molar-refractivity contribution < 1.29 is 14.3 Å². The number of allylic oxidation sites excluding steroid dienone is 3. The van der Waals surface area contributed by atoms with E-state index in [0.717, 1.165) is 24.2 Å². The maximum atomic E-state index is 13.0. The second-order valence-electron chi connectivity index (χ2n) is 6.42. The molecule has 118 valence electrons. The molecule has 4 nitrogen and oxygen atoms in total. The standard InChI is InChI=1S/C19H19NO3/c1-20-11-14(19(22)12-6-3-2-4-7-12)13-10-17(20)23-16-9-5-8-15(21)18(13)16/h2-4,6-7,11,13,17H,5,8-10H2,1H3/t13-,17+/m0/s1. The summed E-state index contributed by atoms with van der Waals surface area (Å²) in [6, 6.07) is 9.28. The van der Waals surface area contributed by atoms with Crippen LogP contribution in [0.4, 0.5) is 0 Å². The maximum Gasteiger partial charge on any atom is 0.191 e. The van der Waals surface area contributed by atoms with Gasteiger partial charge < -0.3 is 9.64 Å². The third-order valence-electron chi connectivity index (χ3n) is 4.94. The van der Waals surface area contributed by atoms with Gasteiger partial charge in [-0.15, -0.1) is 0 Å². The summed E-state index contributed by atoms with van der Waals surface area (Å²) in [4.78, 5) is 27.3. The predicted octanol–water partition coefficient (Wildman–Crippen LogP) is 3.07. The summed E-state index contributed by atoms with van der Waals surface area (Å²) in [5.74, 6) is 0.834. The quantitative estimate of drug-likeness (QED) is 0.788. The number of hydrogen-bond acceptors (Lipinski definition) is 4. The lowest BCUT2D eigenvalue weighted by atomic mass is 9.75. The van der Waals surface area contributed by atoms with Crippen molar-refractivity contribution in [1.29, 1.82) is 0 Å². The third-order valence-corrected chi connectivity index (χ3v) is 4.94. The summed E-state index contributed by atoms with van der Waals surface area (Å²) >= 11 is 0. The Hall–Kier alpha value is -2.36. The normalized spacial score (nSPS) is 26.4. The molecule has 0 unspecified atom stereocenters. The first-order valence-electron chi connectivity index (χ1n) is 8.11. The SMILES string of the molecule is CN1C=C(C(=O)c2ccccc2)[C@@H]2C[C@H]1OC1=C2C(=O)CCC1. The van der Waals surface area contributed by atoms with E-state index in [1.54, 1.807) is 0 Å². The van der Waals surface area contributed by atoms with Crippen molar-refractivity contribution in [1.82, 2.24) is 4.90 Å². The highest BCUT2D eigenvalue weighted by molar-refractivity contribution is 6.11. The van der Waals surface area contributed by atoms with Crippen LogP contribution in [0, 0.1) is 5.92 Å². The Labute approximate surface area is 135 Å². The number of benzene rings is 1. The van der Waals surface area contributed by atoms with E-state index >= 15 is 0 Å². The van der Waals surface area contributed by atoms with Gasteiger partial charge >= 0.3 is 0 Å². The molecule has 0 N–H and O–H groups in total. The lowest BCUT2D eigenvalue weighted by Gasteiger charge is -2.43. The van der Waals surface area contributed by atoms with Crippen molar-refractivity contribution in [3.8, 4) is 0 Å². The number of fused-ring (bicyclic) bond motifs is 3. The molecule has 2 atom stereocenters. The number of ether oxygens (including phenoxy) is 1. The number of nitrogens with zero attached hydrogens (tertiary/aromatic N) is 1. The van der Waals surface area contributed by atoms with Crippen LogP contribution in [0.5, 0.6) is 0 Å². The molecular formula is C19H19NO3. The zero-order chi connectivity index (χ0) is 16.0. The van der Waals surface area contributed by atoms with E-state index in [1.165, 1.54) is 0 Å². The zero-order valence-corrected chi connectivity index (χ0v) is 13.1. The molecule has 2 aliphatic heterocycles. The van der Waals surface area contributed by atoms with Gasteiger partial charge in [0.25, 0.3) is 0 Å². The van der Waals surface area contributed by atoms with E-state index in [9.17, 15) is 9.59 Å². The topological polar surface area (TPSA) is 46.6 Å². The summed E-state index contributed by atoms with van der Waals surface area (Å²) in [6.07, 6.45) is 4.66. The van der Waals surface area contributed by atoms with Crippen molar-refractivity contribution >= 4 is 11.6 Å². The third kappa shape index (κ3) is 2.29. The van der Waals surface area contributed by atoms with Crippen LogP contribution in [0.3, 0.4) is 0 Å². The zero-order valence-electron chi connectivity index (χ0n) is 13.1. The Kier molecular flexibility index (Phi) is 3.33. The Morgan fingerprint density at radius 3 is 2.78 bits per heavy atom. The minimum atomic E-state index is -0.125. The molecule has 0 fully saturated rings. The molecule has 4 heteroatoms. The molecular weight excluding hydrogens is 290 g/mol. The van der Waals surface area contributed by atoms with Gasteiger partial charge in [0.05, 0.1) is 0 Å². The van der Waals surface area contributed by atoms with Gasteiger partial charge in [-0.1, -0.05) is 30.3 Å². The van der Waals surface area contributed by atoms with Gasteiger partial charge in [0.15, 0.2) is 17.8 Å². The molecule has 1 aliphatic carbocycles. The van der Waals surface area contributed by atoms with Gasteiger partial charge in [0, 0.05) is 55.1 Å². The summed E-state index contributed by atoms with van der Waals surface area (Å²) in [6.45, 7) is 0. The van der Waals surface area contributed by atoms with Crippen LogP contribution >= 0.6 is 0 Å². The lowest BCUT2D eigenvalue weighted by molar-refractivity contribution is -0.119. The first-order chi connectivity index (χ1) is 11.1. The highest BCUT2D eigenvalue weighted by atomic mass is 16.5. The Balaban J connectivity index is 1.77. The summed E-state index contributed by atoms with van der Waals surface area (Å²) < 4.78 is 6.01. The van der Waals surface area contributed by atoms with Crippen LogP contribution in [-0.4, -0.2) is 29.7 Å². The van der Waals surface area contributed by atoms with Crippen LogP contribution in [0.15, 0.2) is 53.4 Å². The predicted molar refractivity (Wildman–Crippen MR) is 85.5 cm³/mol. The van der Waals surface area contributed by atoms with Crippen molar-refractivity contribution in [3.05, 3.63) is 59.0 Å². The second-order valence-corrected chi connectivity index (χ2v) is 6.42. The Morgan fingerprint density at radius 2 is 2.00 bits per heavy atom. The van der Waals surface area contributed by atoms with Crippen LogP contribution in [-0.2, 0) is 9.53 Å². The van der Waals surface area contributed by atoms with E-state index in [0.29, 0.717) is 24.0 Å². The molecule has 0 amide bonds. The fraction of sp³-hybridized carbons (Fsp3) is 0.368. The highest BCUT2D eigenvalue weighted by Gasteiger charge is 2.43. The largest absolute Gasteiger partial charge is 0.474 e. The minimum Gasteiger partial charge on any atom is -0.474 e. The summed E-state index contributed by atoms with van der Waals surface area (Å²) in [7, 11) is 1.93. The molecule has 1 aromatic carbocycles. The molecule has 1 aromatic rings. The van der Waals surface area contributed by atoms with Crippen LogP contribution in [0.25, 0.3) is 0 Å². The van der Waals surface area contributed by atoms with Gasteiger partial charge in [-0.25, -0.2) is 0 Å². The number of carbonyl (C=O) groups is 2. The second kappa shape index (κ2) is 5.37. The molecule has 2 heterocycles. The molecule has 0 saturated carbocycles. The summed E-state index contributed by atoms with van der Waals surface area (Å²) in [5, 5.41) is 0. The van der Waals surface area contributed by atoms with Crippen molar-refractivity contribution in [2.24, 2.45) is 5.92 Å². The smallest absolute Gasteiger partial charge is 0.191 e. The van der Waals surface area contributed by atoms with E-state index in [4.69, 9.17) is 4.74 Å². The fourth-order valence-electron chi connectivity index (χ4n) is 3.77. The monoisotopic (exact) mass is 309 g/mol. The van der Waals surface area contributed by atoms with Crippen molar-refractivity contribution in [3.63, 3.8) is 0 Å². The van der Waals surface area contributed by atoms with Crippen molar-refractivity contribution in [2.75, 3.05) is 7.05 Å². The van der Waals surface area contributed by atoms with E-state index in [2.05, 4.69) is 0 Å². The van der Waals surface area contributed by atoms with E-state index in [-0.39, 0.29) is 23.7 Å². The lowest BCUT2D eigenvalue weighted by Crippen LogP contribution is -2.44. The van der Waals surface area contributed by atoms with Crippen molar-refractivity contribution in [2.45, 2.75) is 31.9 Å². The molecule has 23 heavy (non-hydrogen) atoms. The first-order valence-corrected chi connectivity index (χ1v) is 8.11. The van der Waals surface area contributed by atoms with E-state index < -0.39 is 0 Å². The first kappa shape index (κ1) is 14.2. The Morgan fingerprint density at radius 1 is 1.22 bits per heavy atom. The number of Topliss-reactive ketones (excluding diaryl/α,β-unsaturated/α-hetero) is 2. The molecule has 0 radical (unpaired) electrons.